The van der Waals surface area contributed by atoms with Crippen molar-refractivity contribution in [1.29, 1.82) is 0 Å². The molecule has 1 saturated carbocycles. The summed E-state index contributed by atoms with van der Waals surface area (Å²) >= 11 is 0. The Morgan fingerprint density at radius 2 is 2.07 bits per heavy atom. The van der Waals surface area contributed by atoms with Crippen LogP contribution >= 0.6 is 0 Å². The highest BCUT2D eigenvalue weighted by molar-refractivity contribution is 6.07. The fraction of sp³-hybridized carbons (Fsp3) is 0.565. The number of pyridine rings is 1. The molecule has 5 heteroatoms. The zero-order chi connectivity index (χ0) is 20.6. The number of carboxylic acid groups (broad SMARTS) is 1. The number of benzene rings is 1. The zero-order valence-electron chi connectivity index (χ0n) is 17.6. The van der Waals surface area contributed by atoms with E-state index in [9.17, 15) is 9.90 Å². The third-order valence-corrected chi connectivity index (χ3v) is 6.23. The number of rotatable bonds is 5. The lowest BCUT2D eigenvalue weighted by Gasteiger charge is -2.38. The summed E-state index contributed by atoms with van der Waals surface area (Å²) in [6.45, 7) is 10.5. The highest BCUT2D eigenvalue weighted by atomic mass is 16.5. The zero-order valence-corrected chi connectivity index (χ0v) is 17.6. The van der Waals surface area contributed by atoms with Gasteiger partial charge in [0.05, 0.1) is 22.3 Å². The molecule has 1 heterocycles. The number of nitrogens with two attached hydrogens (primary N) is 1. The normalized spacial score (nSPS) is 22.6. The molecule has 1 aromatic heterocycles. The van der Waals surface area contributed by atoms with Gasteiger partial charge in [-0.25, -0.2) is 4.79 Å². The van der Waals surface area contributed by atoms with Crippen molar-refractivity contribution in [1.82, 2.24) is 4.98 Å². The summed E-state index contributed by atoms with van der Waals surface area (Å²) in [7, 11) is 0. The van der Waals surface area contributed by atoms with Crippen molar-refractivity contribution >= 4 is 22.6 Å². The smallest absolute Gasteiger partial charge is 0.339 e. The summed E-state index contributed by atoms with van der Waals surface area (Å²) in [6.07, 6.45) is 4.28. The maximum atomic E-state index is 11.8. The summed E-state index contributed by atoms with van der Waals surface area (Å²) in [5.41, 5.74) is 8.86. The van der Waals surface area contributed by atoms with Crippen molar-refractivity contribution in [2.45, 2.75) is 66.4 Å². The van der Waals surface area contributed by atoms with Crippen molar-refractivity contribution in [3.8, 4) is 5.75 Å². The van der Waals surface area contributed by atoms with Crippen LogP contribution < -0.4 is 10.5 Å². The fourth-order valence-corrected chi connectivity index (χ4v) is 4.61. The number of anilines is 1. The number of hydrogen-bond donors (Lipinski definition) is 2. The molecule has 0 radical (unpaired) electrons. The quantitative estimate of drug-likeness (QED) is 0.737. The van der Waals surface area contributed by atoms with Gasteiger partial charge < -0.3 is 15.6 Å². The lowest BCUT2D eigenvalue weighted by atomic mass is 9.75. The van der Waals surface area contributed by atoms with Gasteiger partial charge in [-0.1, -0.05) is 40.2 Å². The van der Waals surface area contributed by atoms with Gasteiger partial charge >= 0.3 is 5.97 Å². The van der Waals surface area contributed by atoms with Gasteiger partial charge in [0.15, 0.2) is 0 Å². The molecule has 1 aliphatic carbocycles. The van der Waals surface area contributed by atoms with Gasteiger partial charge in [-0.3, -0.25) is 4.98 Å². The monoisotopic (exact) mass is 384 g/mol. The SMILES string of the molecule is CCc1ccc2nc(C)c(C(=O)O)c(N)c2c1O[C@@H]1C[C@H](C)CC[C@H]1C(C)C. The highest BCUT2D eigenvalue weighted by Gasteiger charge is 2.33. The molecule has 0 bridgehead atoms. The molecule has 3 rings (SSSR count). The topological polar surface area (TPSA) is 85.4 Å². The van der Waals surface area contributed by atoms with Crippen LogP contribution in [0.15, 0.2) is 12.1 Å². The lowest BCUT2D eigenvalue weighted by molar-refractivity contribution is 0.0465. The van der Waals surface area contributed by atoms with Gasteiger partial charge in [-0.15, -0.1) is 0 Å². The second-order valence-corrected chi connectivity index (χ2v) is 8.57. The maximum Gasteiger partial charge on any atom is 0.339 e. The van der Waals surface area contributed by atoms with Crippen molar-refractivity contribution < 1.29 is 14.6 Å². The summed E-state index contributed by atoms with van der Waals surface area (Å²) in [4.78, 5) is 16.3. The molecule has 0 amide bonds. The van der Waals surface area contributed by atoms with Crippen molar-refractivity contribution in [3.63, 3.8) is 0 Å². The first-order valence-electron chi connectivity index (χ1n) is 10.4. The van der Waals surface area contributed by atoms with Crippen LogP contribution in [0.5, 0.6) is 5.75 Å². The van der Waals surface area contributed by atoms with Crippen LogP contribution in [-0.4, -0.2) is 22.2 Å². The summed E-state index contributed by atoms with van der Waals surface area (Å²) in [5, 5.41) is 10.3. The van der Waals surface area contributed by atoms with Crippen LogP contribution in [0.3, 0.4) is 0 Å². The first kappa shape index (κ1) is 20.4. The maximum absolute atomic E-state index is 11.8. The molecule has 0 saturated heterocycles. The fourth-order valence-electron chi connectivity index (χ4n) is 4.61. The Balaban J connectivity index is 2.18. The molecule has 152 valence electrons. The van der Waals surface area contributed by atoms with E-state index in [4.69, 9.17) is 10.5 Å². The van der Waals surface area contributed by atoms with E-state index < -0.39 is 5.97 Å². The Morgan fingerprint density at radius 1 is 1.36 bits per heavy atom. The average Bonchev–Trinajstić information content (AvgIpc) is 2.61. The first-order valence-corrected chi connectivity index (χ1v) is 10.4. The van der Waals surface area contributed by atoms with Gasteiger partial charge in [-0.2, -0.15) is 0 Å². The van der Waals surface area contributed by atoms with E-state index in [1.807, 2.05) is 12.1 Å². The molecule has 0 unspecified atom stereocenters. The van der Waals surface area contributed by atoms with E-state index in [1.54, 1.807) is 6.92 Å². The molecule has 28 heavy (non-hydrogen) atoms. The van der Waals surface area contributed by atoms with Gasteiger partial charge in [0.25, 0.3) is 0 Å². The molecule has 3 atom stereocenters. The summed E-state index contributed by atoms with van der Waals surface area (Å²) in [5.74, 6) is 1.30. The standard InChI is InChI=1S/C23H32N2O3/c1-6-15-8-10-17-20(21(24)19(23(26)27)14(5)25-17)22(15)28-18-11-13(4)7-9-16(18)12(2)3/h8,10,12-13,16,18H,6-7,9,11H2,1-5H3,(H2,24,25)(H,26,27)/t13-,16+,18-/m1/s1. The van der Waals surface area contributed by atoms with Crippen LogP contribution in [0.1, 0.15) is 68.6 Å². The molecular weight excluding hydrogens is 352 g/mol. The Hall–Kier alpha value is -2.30. The van der Waals surface area contributed by atoms with Crippen molar-refractivity contribution in [2.24, 2.45) is 17.8 Å². The van der Waals surface area contributed by atoms with E-state index in [0.29, 0.717) is 34.4 Å². The molecule has 0 spiro atoms. The van der Waals surface area contributed by atoms with E-state index in [1.165, 1.54) is 6.42 Å². The van der Waals surface area contributed by atoms with Crippen LogP contribution in [0.25, 0.3) is 10.9 Å². The number of nitrogens with zero attached hydrogens (tertiary/aromatic N) is 1. The predicted octanol–water partition coefficient (Wildman–Crippen LogP) is 5.23. The Morgan fingerprint density at radius 3 is 2.68 bits per heavy atom. The number of carbonyl (C=O) groups is 1. The molecule has 1 aliphatic rings. The van der Waals surface area contributed by atoms with Gasteiger partial charge in [0.1, 0.15) is 17.4 Å². The third-order valence-electron chi connectivity index (χ3n) is 6.23. The number of aromatic nitrogens is 1. The van der Waals surface area contributed by atoms with E-state index in [2.05, 4.69) is 32.7 Å². The van der Waals surface area contributed by atoms with E-state index in [-0.39, 0.29) is 17.4 Å². The van der Waals surface area contributed by atoms with Gasteiger partial charge in [0, 0.05) is 0 Å². The van der Waals surface area contributed by atoms with Crippen LogP contribution in [0.4, 0.5) is 5.69 Å². The minimum atomic E-state index is -1.05. The minimum absolute atomic E-state index is 0.0722. The molecule has 5 nitrogen and oxygen atoms in total. The third kappa shape index (κ3) is 3.67. The first-order chi connectivity index (χ1) is 13.2. The van der Waals surface area contributed by atoms with Gasteiger partial charge in [-0.05, 0) is 55.6 Å². The lowest BCUT2D eigenvalue weighted by Crippen LogP contribution is -2.36. The molecule has 1 aromatic carbocycles. The molecule has 3 N–H and O–H groups in total. The molecule has 1 fully saturated rings. The van der Waals surface area contributed by atoms with E-state index >= 15 is 0 Å². The number of ether oxygens (including phenoxy) is 1. The number of carboxylic acids is 1. The largest absolute Gasteiger partial charge is 0.489 e. The summed E-state index contributed by atoms with van der Waals surface area (Å²) in [6, 6.07) is 3.94. The van der Waals surface area contributed by atoms with Crippen molar-refractivity contribution in [3.05, 3.63) is 29.0 Å². The molecule has 2 aromatic rings. The van der Waals surface area contributed by atoms with E-state index in [0.717, 1.165) is 30.6 Å². The minimum Gasteiger partial charge on any atom is -0.489 e. The van der Waals surface area contributed by atoms with Crippen LogP contribution in [0.2, 0.25) is 0 Å². The van der Waals surface area contributed by atoms with Gasteiger partial charge in [0.2, 0.25) is 0 Å². The van der Waals surface area contributed by atoms with Crippen molar-refractivity contribution in [2.75, 3.05) is 5.73 Å². The second-order valence-electron chi connectivity index (χ2n) is 8.57. The molecule has 0 aliphatic heterocycles. The Kier molecular flexibility index (Phi) is 5.82. The Bertz CT molecular complexity index is 891. The Labute approximate surface area is 167 Å². The number of aromatic carboxylic acids is 1. The number of nitrogen functional groups attached to an aromatic ring is 1. The summed E-state index contributed by atoms with van der Waals surface area (Å²) < 4.78 is 6.68. The average molecular weight is 385 g/mol. The van der Waals surface area contributed by atoms with Crippen LogP contribution in [-0.2, 0) is 6.42 Å². The second kappa shape index (κ2) is 7.98. The predicted molar refractivity (Wildman–Crippen MR) is 113 cm³/mol. The van der Waals surface area contributed by atoms with Crippen LogP contribution in [0, 0.1) is 24.7 Å². The number of fused-ring (bicyclic) bond motifs is 1. The number of aryl methyl sites for hydroxylation is 2. The highest BCUT2D eigenvalue weighted by Crippen LogP contribution is 2.41. The number of hydrogen-bond acceptors (Lipinski definition) is 4. The molecular formula is C23H32N2O3.